The average Bonchev–Trinajstić information content (AvgIpc) is 1.55. The predicted molar refractivity (Wildman–Crippen MR) is 435 cm³/mol. The average molecular weight is 1390 g/mol. The molecule has 0 fully saturated rings. The fourth-order valence-corrected chi connectivity index (χ4v) is 16.4. The number of hydrogen-bond acceptors (Lipinski definition) is 6. The zero-order chi connectivity index (χ0) is 70.1. The van der Waals surface area contributed by atoms with Gasteiger partial charge in [-0.05, 0) is 121 Å². The molecule has 0 radical (unpaired) electrons. The molecule has 0 unspecified atom stereocenters. The second kappa shape index (κ2) is 27.2. The van der Waals surface area contributed by atoms with Gasteiger partial charge in [0.2, 0.25) is 11.2 Å². The Morgan fingerprint density at radius 3 is 1.07 bits per heavy atom. The third-order valence-corrected chi connectivity index (χ3v) is 21.2. The van der Waals surface area contributed by atoms with Crippen molar-refractivity contribution in [3.05, 3.63) is 352 Å². The Kier molecular flexibility index (Phi) is 16.9. The minimum atomic E-state index is -0.0136. The Morgan fingerprint density at radius 2 is 0.615 bits per heavy atom. The number of hydrogen-bond donors (Lipinski definition) is 1. The van der Waals surface area contributed by atoms with Gasteiger partial charge < -0.3 is 34.0 Å². The van der Waals surface area contributed by atoms with Gasteiger partial charge in [0.1, 0.15) is 11.3 Å². The SMILES string of the molecule is Oc1ccccc1-c1ccc2ccc3ccc(-c4cccc(-n5c6ccccc6c6ccc7c8ccccc8n(-c8ccccc8)c7c65)c4)nc3c2n1.[Li+].[Li+].[O-]c1ccccc1-c1ccc2ccc3ccc(-c4cccc(-n5c6ccccc6c6ccc7c8ccccc8n(-c8ccccc8)c7c65)c4)nc3c2[nH+]1.[OH-]. The van der Waals surface area contributed by atoms with E-state index in [1.54, 1.807) is 18.2 Å². The Balaban J connectivity index is 0.000000149. The van der Waals surface area contributed by atoms with Crippen LogP contribution < -0.4 is 47.8 Å². The van der Waals surface area contributed by atoms with E-state index in [2.05, 4.69) is 314 Å². The first kappa shape index (κ1) is 67.5. The Hall–Kier alpha value is -13.3. The van der Waals surface area contributed by atoms with E-state index < -0.39 is 0 Å². The maximum absolute atomic E-state index is 12.7. The van der Waals surface area contributed by atoms with Crippen LogP contribution in [-0.2, 0) is 0 Å². The number of nitrogens with one attached hydrogen (secondary N) is 1. The molecule has 0 bridgehead atoms. The van der Waals surface area contributed by atoms with Crippen LogP contribution in [0.15, 0.2) is 352 Å². The summed E-state index contributed by atoms with van der Waals surface area (Å²) >= 11 is 0. The molecular formula is C96H61Li2N8O3+. The number of aromatic amines is 1. The summed E-state index contributed by atoms with van der Waals surface area (Å²) in [5.41, 5.74) is 23.7. The molecule has 0 aliphatic carbocycles. The van der Waals surface area contributed by atoms with Crippen LogP contribution in [0.5, 0.6) is 11.5 Å². The normalized spacial score (nSPS) is 11.5. The maximum atomic E-state index is 12.7. The van der Waals surface area contributed by atoms with E-state index in [0.717, 1.165) is 106 Å². The molecule has 8 heterocycles. The second-order valence-electron chi connectivity index (χ2n) is 27.2. The van der Waals surface area contributed by atoms with E-state index in [0.29, 0.717) is 16.8 Å². The summed E-state index contributed by atoms with van der Waals surface area (Å²) < 4.78 is 9.67. The number of aromatic hydroxyl groups is 1. The Labute approximate surface area is 648 Å². The van der Waals surface area contributed by atoms with E-state index in [9.17, 15) is 10.2 Å². The van der Waals surface area contributed by atoms with Gasteiger partial charge in [0.05, 0.1) is 72.2 Å². The van der Waals surface area contributed by atoms with Crippen molar-refractivity contribution in [1.29, 1.82) is 0 Å². The first-order valence-corrected chi connectivity index (χ1v) is 35.7. The fraction of sp³-hybridized carbons (Fsp3) is 0. The van der Waals surface area contributed by atoms with Gasteiger partial charge in [-0.2, -0.15) is 0 Å². The molecule has 0 aliphatic heterocycles. The van der Waals surface area contributed by atoms with Crippen LogP contribution >= 0.6 is 0 Å². The monoisotopic (exact) mass is 1390 g/mol. The van der Waals surface area contributed by atoms with Gasteiger partial charge >= 0.3 is 37.7 Å². The van der Waals surface area contributed by atoms with Gasteiger partial charge in [-0.25, -0.2) is 19.9 Å². The first-order valence-electron chi connectivity index (χ1n) is 35.7. The van der Waals surface area contributed by atoms with Crippen molar-refractivity contribution in [2.24, 2.45) is 0 Å². The molecular weight excluding hydrogens is 1330 g/mol. The third-order valence-electron chi connectivity index (χ3n) is 21.2. The summed E-state index contributed by atoms with van der Waals surface area (Å²) in [7, 11) is 0. The summed E-state index contributed by atoms with van der Waals surface area (Å²) in [6.07, 6.45) is 0. The molecule has 0 amide bonds. The minimum absolute atomic E-state index is 0. The second-order valence-corrected chi connectivity index (χ2v) is 27.2. The summed E-state index contributed by atoms with van der Waals surface area (Å²) in [4.78, 5) is 19.2. The number of rotatable bonds is 8. The molecule has 109 heavy (non-hydrogen) atoms. The number of nitrogens with zero attached hydrogens (tertiary/aromatic N) is 7. The molecule has 8 aromatic heterocycles. The largest absolute Gasteiger partial charge is 1.00 e. The number of phenolic OH excluding ortho intramolecular Hbond substituents is 1. The molecule has 22 rings (SSSR count). The van der Waals surface area contributed by atoms with Crippen molar-refractivity contribution in [3.8, 4) is 79.3 Å². The predicted octanol–water partition coefficient (Wildman–Crippen LogP) is 16.7. The zero-order valence-corrected chi connectivity index (χ0v) is 59.4. The Bertz CT molecular complexity index is 6950. The summed E-state index contributed by atoms with van der Waals surface area (Å²) in [5.74, 6) is 0.191. The van der Waals surface area contributed by atoms with Crippen LogP contribution in [0.2, 0.25) is 0 Å². The number of para-hydroxylation sites is 8. The molecule has 0 atom stereocenters. The smallest absolute Gasteiger partial charge is 0.872 e. The van der Waals surface area contributed by atoms with Crippen molar-refractivity contribution in [1.82, 2.24) is 33.2 Å². The number of phenols is 1. The summed E-state index contributed by atoms with van der Waals surface area (Å²) in [6.45, 7) is 0. The number of H-pyrrole nitrogens is 1. The van der Waals surface area contributed by atoms with E-state index in [-0.39, 0.29) is 54.7 Å². The molecule has 22 aromatic rings. The number of fused-ring (bicyclic) bond motifs is 20. The van der Waals surface area contributed by atoms with Gasteiger partial charge in [0.25, 0.3) is 0 Å². The first-order chi connectivity index (χ1) is 52.4. The fourth-order valence-electron chi connectivity index (χ4n) is 16.4. The van der Waals surface area contributed by atoms with Crippen molar-refractivity contribution in [3.63, 3.8) is 0 Å². The van der Waals surface area contributed by atoms with Gasteiger partial charge in [-0.15, -0.1) is 0 Å². The van der Waals surface area contributed by atoms with Crippen LogP contribution in [0.4, 0.5) is 0 Å². The van der Waals surface area contributed by atoms with Crippen LogP contribution in [0.25, 0.3) is 199 Å². The van der Waals surface area contributed by atoms with Crippen LogP contribution in [0.1, 0.15) is 0 Å². The van der Waals surface area contributed by atoms with Crippen LogP contribution in [0.3, 0.4) is 0 Å². The third kappa shape index (κ3) is 10.9. The molecule has 0 aliphatic rings. The molecule has 11 nitrogen and oxygen atoms in total. The van der Waals surface area contributed by atoms with Crippen molar-refractivity contribution < 1.29 is 58.4 Å². The Morgan fingerprint density at radius 1 is 0.275 bits per heavy atom. The minimum Gasteiger partial charge on any atom is -0.872 e. The van der Waals surface area contributed by atoms with E-state index in [4.69, 9.17) is 15.0 Å². The summed E-state index contributed by atoms with van der Waals surface area (Å²) in [6, 6.07) is 122. The number of pyridine rings is 4. The molecule has 504 valence electrons. The molecule has 14 aromatic carbocycles. The molecule has 3 N–H and O–H groups in total. The number of aromatic nitrogens is 8. The molecule has 0 saturated heterocycles. The zero-order valence-electron chi connectivity index (χ0n) is 59.4. The molecule has 0 spiro atoms. The van der Waals surface area contributed by atoms with Crippen LogP contribution in [-0.4, -0.2) is 43.8 Å². The van der Waals surface area contributed by atoms with Crippen LogP contribution in [0, 0.1) is 0 Å². The standard InChI is InChI=1S/2C48H30N4O.2Li.H2O/c2*53-44-20-9-6-17-39(44)41-28-24-31-22-21-30-23-27-40(49-45(30)46(31)50-41)32-11-10-14-34(29-32)52-43-19-8-5-16-36(43)38-26-25-37-35-15-4-7-18-42(35)51(47(37)48(38)52)33-12-2-1-3-13-33;;;/h2*1-29,53H;;;1H2/q;;2*+1;/p-1. The van der Waals surface area contributed by atoms with Crippen molar-refractivity contribution in [2.75, 3.05) is 0 Å². The molecule has 13 heteroatoms. The van der Waals surface area contributed by atoms with Gasteiger partial charge in [-0.3, -0.25) is 0 Å². The molecule has 0 saturated carbocycles. The number of benzene rings is 14. The maximum Gasteiger partial charge on any atom is 1.00 e. The van der Waals surface area contributed by atoms with Crippen molar-refractivity contribution in [2.45, 2.75) is 0 Å². The van der Waals surface area contributed by atoms with E-state index in [1.807, 2.05) is 42.5 Å². The summed E-state index contributed by atoms with van der Waals surface area (Å²) in [5, 5.41) is 37.1. The quantitative estimate of drug-likeness (QED) is 0.118. The van der Waals surface area contributed by atoms with Crippen molar-refractivity contribution >= 4 is 131 Å². The topological polar surface area (TPSA) is 146 Å². The van der Waals surface area contributed by atoms with E-state index in [1.165, 1.54) is 76.2 Å². The van der Waals surface area contributed by atoms with Gasteiger partial charge in [0.15, 0.2) is 0 Å². The van der Waals surface area contributed by atoms with Gasteiger partial charge in [0, 0.05) is 116 Å². The van der Waals surface area contributed by atoms with E-state index >= 15 is 0 Å². The van der Waals surface area contributed by atoms with Gasteiger partial charge in [-0.1, -0.05) is 230 Å².